The van der Waals surface area contributed by atoms with Gasteiger partial charge in [0.05, 0.1) is 24.3 Å². The van der Waals surface area contributed by atoms with Gasteiger partial charge in [0.2, 0.25) is 5.82 Å². The van der Waals surface area contributed by atoms with Crippen LogP contribution in [0.4, 0.5) is 10.4 Å². The number of morpholine rings is 1. The average molecular weight is 590 g/mol. The Hall–Kier alpha value is -4.62. The summed E-state index contributed by atoms with van der Waals surface area (Å²) in [4.78, 5) is 50.4. The summed E-state index contributed by atoms with van der Waals surface area (Å²) in [5, 5.41) is 8.04. The molecule has 0 radical (unpaired) electrons. The molecule has 224 valence electrons. The molecular weight excluding hydrogens is 557 g/mol. The molecule has 4 heterocycles. The number of nitrogens with zero attached hydrogens (tertiary/aromatic N) is 6. The largest absolute Gasteiger partial charge is 0.379 e. The monoisotopic (exact) mass is 589 g/mol. The van der Waals surface area contributed by atoms with Crippen molar-refractivity contribution in [2.45, 2.75) is 19.9 Å². The van der Waals surface area contributed by atoms with Gasteiger partial charge in [0, 0.05) is 68.0 Å². The Morgan fingerprint density at radius 2 is 1.84 bits per heavy atom. The molecule has 2 saturated heterocycles. The van der Waals surface area contributed by atoms with E-state index in [4.69, 9.17) is 9.26 Å². The maximum atomic E-state index is 15.2. The first kappa shape index (κ1) is 28.5. The predicted octanol–water partition coefficient (Wildman–Crippen LogP) is 2.99. The number of carbonyl (C=O) groups excluding carboxylic acids is 3. The molecule has 13 heteroatoms. The molecule has 43 heavy (non-hydrogen) atoms. The molecule has 2 aliphatic rings. The number of fused-ring (bicyclic) bond motifs is 1. The number of carbonyl (C=O) groups is 3. The molecule has 1 unspecified atom stereocenters. The third-order valence-corrected chi connectivity index (χ3v) is 7.93. The molecule has 1 N–H and O–H groups in total. The highest BCUT2D eigenvalue weighted by Crippen LogP contribution is 2.32. The molecule has 0 spiro atoms. The molecule has 6 rings (SSSR count). The summed E-state index contributed by atoms with van der Waals surface area (Å²) in [5.74, 6) is -2.17. The molecule has 2 aromatic heterocycles. The molecule has 2 aromatic carbocycles. The Morgan fingerprint density at radius 3 is 2.56 bits per heavy atom. The predicted molar refractivity (Wildman–Crippen MR) is 155 cm³/mol. The summed E-state index contributed by atoms with van der Waals surface area (Å²) in [6.45, 7) is 7.63. The van der Waals surface area contributed by atoms with Crippen LogP contribution < -0.4 is 5.01 Å². The van der Waals surface area contributed by atoms with Gasteiger partial charge in [0.15, 0.2) is 0 Å². The summed E-state index contributed by atoms with van der Waals surface area (Å²) in [6.07, 6.45) is 1.34. The van der Waals surface area contributed by atoms with E-state index in [0.29, 0.717) is 44.0 Å². The fraction of sp³-hybridized carbons (Fsp3) is 0.367. The zero-order valence-corrected chi connectivity index (χ0v) is 24.0. The number of ether oxygens (including phenoxy) is 1. The second-order valence-corrected chi connectivity index (χ2v) is 10.5. The topological polar surface area (TPSA) is 128 Å². The van der Waals surface area contributed by atoms with Gasteiger partial charge in [-0.15, -0.1) is 0 Å². The Balaban J connectivity index is 1.22. The van der Waals surface area contributed by atoms with Gasteiger partial charge in [-0.05, 0) is 38.1 Å². The first-order valence-corrected chi connectivity index (χ1v) is 14.3. The number of nitrogens with one attached hydrogen (secondary N) is 1. The average Bonchev–Trinajstić information content (AvgIpc) is 3.71. The Morgan fingerprint density at radius 1 is 1.07 bits per heavy atom. The van der Waals surface area contributed by atoms with Crippen molar-refractivity contribution < 1.29 is 28.0 Å². The summed E-state index contributed by atoms with van der Waals surface area (Å²) >= 11 is 0. The van der Waals surface area contributed by atoms with Crippen LogP contribution in [-0.4, -0.2) is 106 Å². The number of anilines is 1. The lowest BCUT2D eigenvalue weighted by molar-refractivity contribution is -0.130. The molecule has 2 aliphatic heterocycles. The zero-order chi connectivity index (χ0) is 30.1. The zero-order valence-electron chi connectivity index (χ0n) is 24.0. The number of ketones is 1. The minimum atomic E-state index is -0.838. The van der Waals surface area contributed by atoms with Gasteiger partial charge in [-0.3, -0.25) is 19.4 Å². The minimum Gasteiger partial charge on any atom is -0.379 e. The smallest absolute Gasteiger partial charge is 0.338 e. The molecule has 4 aromatic rings. The molecule has 12 nitrogen and oxygen atoms in total. The molecule has 1 atom stereocenters. The van der Waals surface area contributed by atoms with E-state index in [-0.39, 0.29) is 53.8 Å². The first-order chi connectivity index (χ1) is 20.9. The van der Waals surface area contributed by atoms with Crippen molar-refractivity contribution in [3.63, 3.8) is 0 Å². The van der Waals surface area contributed by atoms with Crippen LogP contribution in [0.3, 0.4) is 0 Å². The SMILES string of the molecule is CCN(c1nc(-c2ccc(F)c3c(C(=O)C(=O)N4CCN(C(=O)c5ccccc5)CC4C)c[nH]c23)no1)N1CCOCC1. The number of Topliss-reactive ketones (excluding diaryl/α,β-unsaturated/α-hetero) is 1. The quantitative estimate of drug-likeness (QED) is 0.256. The van der Waals surface area contributed by atoms with Crippen LogP contribution in [0.5, 0.6) is 0 Å². The number of benzene rings is 2. The summed E-state index contributed by atoms with van der Waals surface area (Å²) in [6, 6.07) is 11.5. The van der Waals surface area contributed by atoms with E-state index in [0.717, 1.165) is 0 Å². The van der Waals surface area contributed by atoms with E-state index in [1.165, 1.54) is 23.2 Å². The molecule has 0 saturated carbocycles. The van der Waals surface area contributed by atoms with E-state index in [1.54, 1.807) is 36.1 Å². The lowest BCUT2D eigenvalue weighted by Crippen LogP contribution is -2.56. The number of hydrazine groups is 1. The van der Waals surface area contributed by atoms with Crippen molar-refractivity contribution in [1.82, 2.24) is 29.9 Å². The van der Waals surface area contributed by atoms with E-state index in [2.05, 4.69) is 20.1 Å². The van der Waals surface area contributed by atoms with Gasteiger partial charge >= 0.3 is 6.01 Å². The Labute approximate surface area is 246 Å². The van der Waals surface area contributed by atoms with Crippen LogP contribution in [0, 0.1) is 5.82 Å². The third-order valence-electron chi connectivity index (χ3n) is 7.93. The van der Waals surface area contributed by atoms with Gasteiger partial charge in [0.1, 0.15) is 5.82 Å². The lowest BCUT2D eigenvalue weighted by Gasteiger charge is -2.39. The van der Waals surface area contributed by atoms with Crippen molar-refractivity contribution in [2.75, 3.05) is 57.5 Å². The normalized spacial score (nSPS) is 17.8. The van der Waals surface area contributed by atoms with Crippen molar-refractivity contribution >= 4 is 34.5 Å². The van der Waals surface area contributed by atoms with Gasteiger partial charge in [-0.25, -0.2) is 9.40 Å². The highest BCUT2D eigenvalue weighted by Gasteiger charge is 2.35. The van der Waals surface area contributed by atoms with E-state index >= 15 is 4.39 Å². The summed E-state index contributed by atoms with van der Waals surface area (Å²) < 4.78 is 26.2. The van der Waals surface area contributed by atoms with Crippen LogP contribution in [0.15, 0.2) is 53.2 Å². The third kappa shape index (κ3) is 5.37. The fourth-order valence-corrected chi connectivity index (χ4v) is 5.71. The number of halogens is 1. The Kier molecular flexibility index (Phi) is 7.91. The highest BCUT2D eigenvalue weighted by molar-refractivity contribution is 6.45. The second-order valence-electron chi connectivity index (χ2n) is 10.5. The van der Waals surface area contributed by atoms with Gasteiger partial charge in [0.25, 0.3) is 17.6 Å². The number of hydrogen-bond acceptors (Lipinski definition) is 9. The maximum absolute atomic E-state index is 15.2. The van der Waals surface area contributed by atoms with Crippen molar-refractivity contribution in [2.24, 2.45) is 0 Å². The van der Waals surface area contributed by atoms with Crippen molar-refractivity contribution in [3.8, 4) is 11.4 Å². The van der Waals surface area contributed by atoms with E-state index < -0.39 is 23.5 Å². The van der Waals surface area contributed by atoms with Gasteiger partial charge < -0.3 is 24.0 Å². The van der Waals surface area contributed by atoms with E-state index in [1.807, 2.05) is 18.0 Å². The first-order valence-electron chi connectivity index (χ1n) is 14.3. The highest BCUT2D eigenvalue weighted by atomic mass is 19.1. The molecule has 2 amide bonds. The van der Waals surface area contributed by atoms with Crippen molar-refractivity contribution in [1.29, 1.82) is 0 Å². The fourth-order valence-electron chi connectivity index (χ4n) is 5.71. The summed E-state index contributed by atoms with van der Waals surface area (Å²) in [7, 11) is 0. The standard InChI is InChI=1S/C30H32FN7O5/c1-3-38(36-13-15-42-16-14-36)30-33-27(34-43-30)21-9-10-23(31)24-22(17-32-25(21)24)26(39)29(41)37-12-11-35(18-19(37)2)28(40)20-7-5-4-6-8-20/h4-10,17,19,32H,3,11-16,18H2,1-2H3. The van der Waals surface area contributed by atoms with E-state index in [9.17, 15) is 14.4 Å². The Bertz CT molecular complexity index is 1650. The molecule has 2 fully saturated rings. The number of aromatic amines is 1. The molecular formula is C30H32FN7O5. The number of hydrogen-bond donors (Lipinski definition) is 1. The van der Waals surface area contributed by atoms with Crippen LogP contribution in [0.1, 0.15) is 34.6 Å². The van der Waals surface area contributed by atoms with Crippen LogP contribution in [0.25, 0.3) is 22.3 Å². The van der Waals surface area contributed by atoms with Gasteiger partial charge in [-0.1, -0.05) is 23.4 Å². The number of aromatic nitrogens is 3. The molecule has 0 aliphatic carbocycles. The van der Waals surface area contributed by atoms with Crippen LogP contribution >= 0.6 is 0 Å². The summed E-state index contributed by atoms with van der Waals surface area (Å²) in [5.41, 5.74) is 1.19. The lowest BCUT2D eigenvalue weighted by atomic mass is 10.0. The number of rotatable bonds is 7. The maximum Gasteiger partial charge on any atom is 0.338 e. The number of H-pyrrole nitrogens is 1. The second kappa shape index (κ2) is 11.9. The number of piperazine rings is 1. The van der Waals surface area contributed by atoms with Crippen molar-refractivity contribution in [3.05, 3.63) is 65.6 Å². The van der Waals surface area contributed by atoms with Crippen LogP contribution in [-0.2, 0) is 9.53 Å². The van der Waals surface area contributed by atoms with Crippen LogP contribution in [0.2, 0.25) is 0 Å². The number of amides is 2. The minimum absolute atomic E-state index is 0.0201. The molecule has 0 bridgehead atoms. The van der Waals surface area contributed by atoms with Gasteiger partial charge in [-0.2, -0.15) is 4.98 Å².